The molecule has 94 valence electrons. The van der Waals surface area contributed by atoms with Gasteiger partial charge in [0.05, 0.1) is 10.0 Å². The van der Waals surface area contributed by atoms with Crippen LogP contribution in [0.5, 0.6) is 0 Å². The monoisotopic (exact) mass is 273 g/mol. The van der Waals surface area contributed by atoms with Crippen LogP contribution in [0.15, 0.2) is 18.2 Å². The summed E-state index contributed by atoms with van der Waals surface area (Å²) < 4.78 is 0. The molecule has 1 saturated heterocycles. The van der Waals surface area contributed by atoms with E-state index in [1.54, 1.807) is 0 Å². The predicted octanol–water partition coefficient (Wildman–Crippen LogP) is 3.34. The van der Waals surface area contributed by atoms with Gasteiger partial charge in [-0.25, -0.2) is 0 Å². The van der Waals surface area contributed by atoms with Crippen LogP contribution in [-0.2, 0) is 5.54 Å². The summed E-state index contributed by atoms with van der Waals surface area (Å²) in [6.07, 6.45) is 4.11. The Kier molecular flexibility index (Phi) is 4.31. The quantitative estimate of drug-likeness (QED) is 0.886. The Morgan fingerprint density at radius 1 is 1.24 bits per heavy atom. The number of benzene rings is 1. The highest BCUT2D eigenvalue weighted by Crippen LogP contribution is 2.36. The van der Waals surface area contributed by atoms with E-state index in [2.05, 4.69) is 5.32 Å². The molecular formula is C13H17Cl2NO. The Labute approximate surface area is 112 Å². The lowest BCUT2D eigenvalue weighted by Crippen LogP contribution is -2.46. The van der Waals surface area contributed by atoms with E-state index < -0.39 is 0 Å². The highest BCUT2D eigenvalue weighted by atomic mass is 35.5. The van der Waals surface area contributed by atoms with Crippen LogP contribution < -0.4 is 5.32 Å². The Balaban J connectivity index is 2.34. The number of aliphatic hydroxyl groups is 1. The molecule has 0 radical (unpaired) electrons. The average Bonchev–Trinajstić information content (AvgIpc) is 2.34. The number of halogens is 2. The van der Waals surface area contributed by atoms with Crippen LogP contribution in [0.2, 0.25) is 10.0 Å². The normalized spacial score (nSPS) is 24.9. The van der Waals surface area contributed by atoms with Crippen LogP contribution in [0, 0.1) is 0 Å². The van der Waals surface area contributed by atoms with Crippen LogP contribution >= 0.6 is 23.2 Å². The van der Waals surface area contributed by atoms with Crippen LogP contribution in [-0.4, -0.2) is 18.3 Å². The highest BCUT2D eigenvalue weighted by molar-refractivity contribution is 6.42. The molecule has 2 N–H and O–H groups in total. The average molecular weight is 274 g/mol. The molecule has 1 atom stereocenters. The molecule has 0 aromatic heterocycles. The summed E-state index contributed by atoms with van der Waals surface area (Å²) in [4.78, 5) is 0. The van der Waals surface area contributed by atoms with Gasteiger partial charge in [0.2, 0.25) is 0 Å². The second-order valence-electron chi connectivity index (χ2n) is 4.57. The Morgan fingerprint density at radius 3 is 2.65 bits per heavy atom. The van der Waals surface area contributed by atoms with E-state index >= 15 is 0 Å². The van der Waals surface area contributed by atoms with Gasteiger partial charge in [-0.2, -0.15) is 0 Å². The fourth-order valence-corrected chi connectivity index (χ4v) is 2.85. The fraction of sp³-hybridized carbons (Fsp3) is 0.538. The molecule has 2 rings (SSSR count). The third-order valence-corrected chi connectivity index (χ3v) is 4.24. The summed E-state index contributed by atoms with van der Waals surface area (Å²) >= 11 is 12.0. The lowest BCUT2D eigenvalue weighted by atomic mass is 9.80. The van der Waals surface area contributed by atoms with Crippen LogP contribution in [0.3, 0.4) is 0 Å². The van der Waals surface area contributed by atoms with Crippen molar-refractivity contribution in [2.45, 2.75) is 31.2 Å². The van der Waals surface area contributed by atoms with E-state index in [0.717, 1.165) is 18.5 Å². The molecule has 1 aromatic rings. The van der Waals surface area contributed by atoms with Gasteiger partial charge in [0.25, 0.3) is 0 Å². The topological polar surface area (TPSA) is 32.3 Å². The van der Waals surface area contributed by atoms with Gasteiger partial charge < -0.3 is 10.4 Å². The molecule has 1 aliphatic heterocycles. The minimum Gasteiger partial charge on any atom is -0.396 e. The van der Waals surface area contributed by atoms with Gasteiger partial charge in [-0.15, -0.1) is 0 Å². The maximum Gasteiger partial charge on any atom is 0.0595 e. The predicted molar refractivity (Wildman–Crippen MR) is 71.7 cm³/mol. The van der Waals surface area contributed by atoms with Crippen molar-refractivity contribution in [3.8, 4) is 0 Å². The van der Waals surface area contributed by atoms with Crippen molar-refractivity contribution in [1.82, 2.24) is 5.32 Å². The molecule has 17 heavy (non-hydrogen) atoms. The van der Waals surface area contributed by atoms with Gasteiger partial charge in [-0.3, -0.25) is 0 Å². The standard InChI is InChI=1S/C13H17Cl2NO/c14-11-4-3-10(9-12(11)15)13(6-8-17)5-1-2-7-16-13/h3-4,9,16-17H,1-2,5-8H2/t13-/m1/s1. The van der Waals surface area contributed by atoms with Crippen molar-refractivity contribution in [1.29, 1.82) is 0 Å². The van der Waals surface area contributed by atoms with Crippen molar-refractivity contribution in [2.24, 2.45) is 0 Å². The number of rotatable bonds is 3. The third kappa shape index (κ3) is 2.76. The Morgan fingerprint density at radius 2 is 2.06 bits per heavy atom. The molecule has 1 aliphatic rings. The number of hydrogen-bond acceptors (Lipinski definition) is 2. The third-order valence-electron chi connectivity index (χ3n) is 3.50. The van der Waals surface area contributed by atoms with E-state index in [1.165, 1.54) is 12.8 Å². The van der Waals surface area contributed by atoms with E-state index in [4.69, 9.17) is 23.2 Å². The molecule has 1 fully saturated rings. The largest absolute Gasteiger partial charge is 0.396 e. The second-order valence-corrected chi connectivity index (χ2v) is 5.38. The zero-order valence-corrected chi connectivity index (χ0v) is 11.2. The molecule has 0 saturated carbocycles. The van der Waals surface area contributed by atoms with Gasteiger partial charge in [0.1, 0.15) is 0 Å². The number of nitrogens with one attached hydrogen (secondary N) is 1. The minimum atomic E-state index is -0.138. The van der Waals surface area contributed by atoms with E-state index in [1.807, 2.05) is 18.2 Å². The lowest BCUT2D eigenvalue weighted by molar-refractivity contribution is 0.178. The Bertz CT molecular complexity index is 383. The number of hydrogen-bond donors (Lipinski definition) is 2. The maximum absolute atomic E-state index is 9.27. The van der Waals surface area contributed by atoms with Crippen molar-refractivity contribution in [3.63, 3.8) is 0 Å². The molecule has 0 amide bonds. The lowest BCUT2D eigenvalue weighted by Gasteiger charge is -2.39. The zero-order valence-electron chi connectivity index (χ0n) is 9.68. The zero-order chi connectivity index (χ0) is 12.3. The first-order valence-corrected chi connectivity index (χ1v) is 6.75. The molecule has 0 spiro atoms. The molecule has 0 bridgehead atoms. The summed E-state index contributed by atoms with van der Waals surface area (Å²) in [5.74, 6) is 0. The van der Waals surface area contributed by atoms with Crippen molar-refractivity contribution in [3.05, 3.63) is 33.8 Å². The Hall–Kier alpha value is -0.280. The van der Waals surface area contributed by atoms with E-state index in [9.17, 15) is 5.11 Å². The van der Waals surface area contributed by atoms with E-state index in [-0.39, 0.29) is 12.1 Å². The first kappa shape index (κ1) is 13.2. The first-order chi connectivity index (χ1) is 8.18. The molecule has 4 heteroatoms. The van der Waals surface area contributed by atoms with Crippen molar-refractivity contribution < 1.29 is 5.11 Å². The van der Waals surface area contributed by atoms with Crippen LogP contribution in [0.4, 0.5) is 0 Å². The van der Waals surface area contributed by atoms with Gasteiger partial charge >= 0.3 is 0 Å². The highest BCUT2D eigenvalue weighted by Gasteiger charge is 2.33. The summed E-state index contributed by atoms with van der Waals surface area (Å²) in [5.41, 5.74) is 0.988. The molecular weight excluding hydrogens is 257 g/mol. The molecule has 1 heterocycles. The number of aliphatic hydroxyl groups excluding tert-OH is 1. The molecule has 2 nitrogen and oxygen atoms in total. The van der Waals surface area contributed by atoms with Gasteiger partial charge in [-0.1, -0.05) is 35.7 Å². The van der Waals surface area contributed by atoms with Crippen LogP contribution in [0.25, 0.3) is 0 Å². The van der Waals surface area contributed by atoms with Crippen LogP contribution in [0.1, 0.15) is 31.2 Å². The smallest absolute Gasteiger partial charge is 0.0595 e. The maximum atomic E-state index is 9.27. The second kappa shape index (κ2) is 5.57. The summed E-state index contributed by atoms with van der Waals surface area (Å²) in [7, 11) is 0. The van der Waals surface area contributed by atoms with Crippen molar-refractivity contribution >= 4 is 23.2 Å². The fourth-order valence-electron chi connectivity index (χ4n) is 2.56. The molecule has 0 aliphatic carbocycles. The summed E-state index contributed by atoms with van der Waals surface area (Å²) in [6, 6.07) is 5.74. The summed E-state index contributed by atoms with van der Waals surface area (Å²) in [5, 5.41) is 14.0. The molecule has 1 aromatic carbocycles. The first-order valence-electron chi connectivity index (χ1n) is 5.99. The SMILES string of the molecule is OCC[C@@]1(c2ccc(Cl)c(Cl)c2)CCCCN1. The van der Waals surface area contributed by atoms with E-state index in [0.29, 0.717) is 16.5 Å². The van der Waals surface area contributed by atoms with Gasteiger partial charge in [0.15, 0.2) is 0 Å². The minimum absolute atomic E-state index is 0.138. The number of piperidine rings is 1. The van der Waals surface area contributed by atoms with Gasteiger partial charge in [-0.05, 0) is 43.5 Å². The summed E-state index contributed by atoms with van der Waals surface area (Å²) in [6.45, 7) is 1.16. The molecule has 0 unspecified atom stereocenters. The van der Waals surface area contributed by atoms with Gasteiger partial charge in [0, 0.05) is 12.1 Å². The van der Waals surface area contributed by atoms with Crippen molar-refractivity contribution in [2.75, 3.05) is 13.2 Å².